The lowest BCUT2D eigenvalue weighted by molar-refractivity contribution is 1.04. The minimum Gasteiger partial charge on any atom is -0.0836 e. The van der Waals surface area contributed by atoms with Crippen LogP contribution >= 0.6 is 7.92 Å². The first kappa shape index (κ1) is 20.6. The Labute approximate surface area is 208 Å². The van der Waals surface area contributed by atoms with Gasteiger partial charge in [0.1, 0.15) is 0 Å². The van der Waals surface area contributed by atoms with E-state index in [9.17, 15) is 0 Å². The molecule has 0 bridgehead atoms. The van der Waals surface area contributed by atoms with Crippen LogP contribution < -0.4 is 15.9 Å². The van der Waals surface area contributed by atoms with Gasteiger partial charge in [-0.15, -0.1) is 0 Å². The molecule has 1 aliphatic heterocycles. The highest BCUT2D eigenvalue weighted by atomic mass is 31.1. The lowest BCUT2D eigenvalue weighted by Crippen LogP contribution is -2.26. The monoisotopic (exact) mass is 464 g/mol. The largest absolute Gasteiger partial charge is 0.0836 e. The minimum atomic E-state index is -0.662. The van der Waals surface area contributed by atoms with E-state index in [4.69, 9.17) is 0 Å². The summed E-state index contributed by atoms with van der Waals surface area (Å²) in [7, 11) is -0.662. The molecule has 166 valence electrons. The highest BCUT2D eigenvalue weighted by Gasteiger charge is 2.29. The Hall–Kier alpha value is -3.73. The highest BCUT2D eigenvalue weighted by Crippen LogP contribution is 2.47. The van der Waals surface area contributed by atoms with Crippen LogP contribution in [0.1, 0.15) is 18.4 Å². The molecule has 0 radical (unpaired) electrons. The van der Waals surface area contributed by atoms with Gasteiger partial charge in [0.05, 0.1) is 0 Å². The molecular formula is C34H25P. The Balaban J connectivity index is 1.53. The van der Waals surface area contributed by atoms with E-state index >= 15 is 0 Å². The molecule has 7 rings (SSSR count). The molecule has 0 nitrogen and oxygen atoms in total. The van der Waals surface area contributed by atoms with Gasteiger partial charge in [-0.1, -0.05) is 121 Å². The van der Waals surface area contributed by atoms with Gasteiger partial charge < -0.3 is 0 Å². The smallest absolute Gasteiger partial charge is 0.00153 e. The maximum atomic E-state index is 2.45. The molecule has 0 saturated heterocycles. The number of benzene rings is 5. The zero-order valence-corrected chi connectivity index (χ0v) is 20.4. The topological polar surface area (TPSA) is 0 Å². The molecule has 1 heterocycles. The van der Waals surface area contributed by atoms with Gasteiger partial charge in [0.15, 0.2) is 0 Å². The normalized spacial score (nSPS) is 16.1. The molecule has 35 heavy (non-hydrogen) atoms. The summed E-state index contributed by atoms with van der Waals surface area (Å²) in [4.78, 5) is 0. The van der Waals surface area contributed by atoms with Crippen LogP contribution in [0.15, 0.2) is 127 Å². The van der Waals surface area contributed by atoms with Gasteiger partial charge in [-0.05, 0) is 86.9 Å². The molecule has 1 unspecified atom stereocenters. The quantitative estimate of drug-likeness (QED) is 0.233. The van der Waals surface area contributed by atoms with Crippen LogP contribution in [-0.2, 0) is 0 Å². The van der Waals surface area contributed by atoms with Gasteiger partial charge in [0.2, 0.25) is 0 Å². The van der Waals surface area contributed by atoms with Crippen molar-refractivity contribution in [2.75, 3.05) is 0 Å². The molecule has 0 aromatic heterocycles. The van der Waals surface area contributed by atoms with Crippen LogP contribution in [0.5, 0.6) is 0 Å². The van der Waals surface area contributed by atoms with Gasteiger partial charge in [-0.2, -0.15) is 0 Å². The van der Waals surface area contributed by atoms with Crippen LogP contribution in [0.4, 0.5) is 0 Å². The molecule has 2 aliphatic rings. The van der Waals surface area contributed by atoms with Crippen LogP contribution in [0, 0.1) is 0 Å². The second-order valence-corrected chi connectivity index (χ2v) is 11.4. The summed E-state index contributed by atoms with van der Waals surface area (Å²) in [5, 5.41) is 7.14. The number of rotatable bonds is 3. The van der Waals surface area contributed by atoms with Crippen molar-refractivity contribution < 1.29 is 0 Å². The van der Waals surface area contributed by atoms with Crippen LogP contribution in [-0.4, -0.2) is 0 Å². The second kappa shape index (κ2) is 8.49. The van der Waals surface area contributed by atoms with Crippen molar-refractivity contribution in [1.82, 2.24) is 0 Å². The molecule has 0 saturated carbocycles. The van der Waals surface area contributed by atoms with Crippen molar-refractivity contribution in [2.45, 2.75) is 12.8 Å². The van der Waals surface area contributed by atoms with Crippen molar-refractivity contribution in [3.8, 4) is 22.3 Å². The van der Waals surface area contributed by atoms with Crippen LogP contribution in [0.3, 0.4) is 0 Å². The average molecular weight is 465 g/mol. The molecule has 0 spiro atoms. The molecule has 5 aromatic carbocycles. The SMILES string of the molecule is C1=CC(c2ccc3c4c(cccc24)P(c2ccccc2)c2cc(-c4ccccc4)ccc2-3)=CCC1. The molecular weight excluding hydrogens is 439 g/mol. The number of allylic oxidation sites excluding steroid dienone is 4. The standard InChI is InChI=1S/C34H25P/c1-4-11-24(12-5-1)26-19-20-29-31-22-21-28(25-13-6-2-7-14-25)30-17-10-18-32(34(30)31)35(33(29)23-26)27-15-8-3-9-16-27/h1,3-6,8-23H,2,7H2. The maximum absolute atomic E-state index is 2.45. The lowest BCUT2D eigenvalue weighted by atomic mass is 9.89. The van der Waals surface area contributed by atoms with Gasteiger partial charge in [-0.25, -0.2) is 0 Å². The van der Waals surface area contributed by atoms with Crippen molar-refractivity contribution in [3.05, 3.63) is 133 Å². The van der Waals surface area contributed by atoms with E-state index in [1.807, 2.05) is 0 Å². The van der Waals surface area contributed by atoms with Gasteiger partial charge in [0, 0.05) is 0 Å². The summed E-state index contributed by atoms with van der Waals surface area (Å²) in [6.45, 7) is 0. The molecule has 1 heteroatoms. The molecule has 1 aliphatic carbocycles. The molecule has 5 aromatic rings. The van der Waals surface area contributed by atoms with E-state index in [0.717, 1.165) is 12.8 Å². The maximum Gasteiger partial charge on any atom is -0.00153 e. The van der Waals surface area contributed by atoms with Gasteiger partial charge in [-0.3, -0.25) is 0 Å². The summed E-state index contributed by atoms with van der Waals surface area (Å²) in [6, 6.07) is 40.6. The Morgan fingerprint density at radius 2 is 1.31 bits per heavy atom. The Kier molecular flexibility index (Phi) is 5.00. The van der Waals surface area contributed by atoms with E-state index in [0.29, 0.717) is 0 Å². The van der Waals surface area contributed by atoms with E-state index in [2.05, 4.69) is 127 Å². The predicted molar refractivity (Wildman–Crippen MR) is 153 cm³/mol. The fourth-order valence-corrected chi connectivity index (χ4v) is 8.29. The van der Waals surface area contributed by atoms with E-state index in [-0.39, 0.29) is 0 Å². The van der Waals surface area contributed by atoms with Crippen LogP contribution in [0.25, 0.3) is 38.6 Å². The molecule has 0 N–H and O–H groups in total. The second-order valence-electron chi connectivity index (χ2n) is 9.27. The predicted octanol–water partition coefficient (Wildman–Crippen LogP) is 7.98. The number of hydrogen-bond acceptors (Lipinski definition) is 0. The zero-order chi connectivity index (χ0) is 23.2. The number of fused-ring (bicyclic) bond motifs is 2. The number of hydrogen-bond donors (Lipinski definition) is 0. The molecule has 1 atom stereocenters. The lowest BCUT2D eigenvalue weighted by Gasteiger charge is -2.31. The third-order valence-corrected chi connectivity index (χ3v) is 9.74. The van der Waals surface area contributed by atoms with E-state index in [1.54, 1.807) is 0 Å². The first-order chi connectivity index (χ1) is 17.4. The molecule has 0 amide bonds. The third-order valence-electron chi connectivity index (χ3n) is 7.22. The Bertz CT molecular complexity index is 1620. The minimum absolute atomic E-state index is 0.662. The summed E-state index contributed by atoms with van der Waals surface area (Å²) in [5.41, 5.74) is 8.02. The summed E-state index contributed by atoms with van der Waals surface area (Å²) < 4.78 is 0. The van der Waals surface area contributed by atoms with E-state index in [1.165, 1.54) is 60.1 Å². The van der Waals surface area contributed by atoms with Gasteiger partial charge in [0.25, 0.3) is 0 Å². The van der Waals surface area contributed by atoms with Crippen molar-refractivity contribution in [2.24, 2.45) is 0 Å². The zero-order valence-electron chi connectivity index (χ0n) is 19.5. The highest BCUT2D eigenvalue weighted by molar-refractivity contribution is 7.80. The van der Waals surface area contributed by atoms with E-state index < -0.39 is 7.92 Å². The average Bonchev–Trinajstić information content (AvgIpc) is 2.94. The summed E-state index contributed by atoms with van der Waals surface area (Å²) in [5.74, 6) is 0. The summed E-state index contributed by atoms with van der Waals surface area (Å²) in [6.07, 6.45) is 9.27. The van der Waals surface area contributed by atoms with Crippen molar-refractivity contribution >= 4 is 40.2 Å². The van der Waals surface area contributed by atoms with Crippen LogP contribution in [0.2, 0.25) is 0 Å². The third kappa shape index (κ3) is 3.41. The first-order valence-electron chi connectivity index (χ1n) is 12.4. The Morgan fingerprint density at radius 1 is 0.543 bits per heavy atom. The fourth-order valence-electron chi connectivity index (χ4n) is 5.60. The van der Waals surface area contributed by atoms with Gasteiger partial charge >= 0.3 is 0 Å². The summed E-state index contributed by atoms with van der Waals surface area (Å²) >= 11 is 0. The fraction of sp³-hybridized carbons (Fsp3) is 0.0588. The van der Waals surface area contributed by atoms with Crippen molar-refractivity contribution in [1.29, 1.82) is 0 Å². The first-order valence-corrected chi connectivity index (χ1v) is 13.7. The van der Waals surface area contributed by atoms with Crippen molar-refractivity contribution in [3.63, 3.8) is 0 Å². The molecule has 0 fully saturated rings. The Morgan fingerprint density at radius 3 is 2.11 bits per heavy atom.